The highest BCUT2D eigenvalue weighted by atomic mass is 19.3. The summed E-state index contributed by atoms with van der Waals surface area (Å²) in [6, 6.07) is 3.09. The van der Waals surface area contributed by atoms with Crippen molar-refractivity contribution >= 4 is 34.1 Å². The number of nitrogens with two attached hydrogens (primary N) is 1. The number of carbonyl (C=O) groups excluding carboxylic acids is 1. The Morgan fingerprint density at radius 2 is 1.87 bits per heavy atom. The number of nitrogens with zero attached hydrogens (tertiary/aromatic N) is 6. The fourth-order valence-corrected chi connectivity index (χ4v) is 5.20. The minimum Gasteiger partial charge on any atom is -0.382 e. The van der Waals surface area contributed by atoms with Crippen LogP contribution in [0.15, 0.2) is 42.4 Å². The number of halogens is 4. The molecule has 1 fully saturated rings. The summed E-state index contributed by atoms with van der Waals surface area (Å²) in [7, 11) is 1.49. The van der Waals surface area contributed by atoms with E-state index in [2.05, 4.69) is 15.0 Å². The minimum absolute atomic E-state index is 0.0574. The molecule has 0 aliphatic carbocycles. The zero-order valence-electron chi connectivity index (χ0n) is 20.8. The van der Waals surface area contributed by atoms with Crippen LogP contribution in [0.3, 0.4) is 0 Å². The summed E-state index contributed by atoms with van der Waals surface area (Å²) in [6.45, 7) is 0.575. The maximum atomic E-state index is 15.3. The molecule has 0 radical (unpaired) electrons. The van der Waals surface area contributed by atoms with Crippen molar-refractivity contribution in [2.75, 3.05) is 37.4 Å². The van der Waals surface area contributed by atoms with Gasteiger partial charge < -0.3 is 20.3 Å². The Morgan fingerprint density at radius 1 is 1.10 bits per heavy atom. The van der Waals surface area contributed by atoms with Gasteiger partial charge in [-0.2, -0.15) is 8.78 Å². The van der Waals surface area contributed by atoms with Crippen LogP contribution in [0.4, 0.5) is 29.2 Å². The third-order valence-electron chi connectivity index (χ3n) is 7.36. The molecule has 6 rings (SSSR count). The Bertz CT molecular complexity index is 1660. The lowest BCUT2D eigenvalue weighted by Crippen LogP contribution is -2.38. The van der Waals surface area contributed by atoms with Crippen LogP contribution >= 0.6 is 0 Å². The summed E-state index contributed by atoms with van der Waals surface area (Å²) < 4.78 is 63.5. The molecule has 202 valence electrons. The van der Waals surface area contributed by atoms with E-state index in [1.54, 1.807) is 9.30 Å². The number of hydrogen-bond acceptors (Lipinski definition) is 7. The van der Waals surface area contributed by atoms with E-state index in [4.69, 9.17) is 10.5 Å². The average Bonchev–Trinajstić information content (AvgIpc) is 3.42. The van der Waals surface area contributed by atoms with Gasteiger partial charge in [0.1, 0.15) is 17.2 Å². The topological polar surface area (TPSA) is 102 Å². The van der Waals surface area contributed by atoms with Gasteiger partial charge in [-0.15, -0.1) is 0 Å². The van der Waals surface area contributed by atoms with Crippen molar-refractivity contribution in [1.29, 1.82) is 0 Å². The zero-order valence-corrected chi connectivity index (χ0v) is 20.8. The lowest BCUT2D eigenvalue weighted by Gasteiger charge is -2.34. The molecule has 0 saturated carbocycles. The van der Waals surface area contributed by atoms with Crippen LogP contribution in [-0.4, -0.2) is 56.9 Å². The number of imidazole rings is 1. The van der Waals surface area contributed by atoms with E-state index in [1.807, 2.05) is 0 Å². The lowest BCUT2D eigenvalue weighted by molar-refractivity contribution is 0.0326. The summed E-state index contributed by atoms with van der Waals surface area (Å²) in [5.41, 5.74) is 7.90. The number of ether oxygens (including phenoxy) is 1. The van der Waals surface area contributed by atoms with E-state index in [0.717, 1.165) is 6.07 Å². The number of hydrogen-bond donors (Lipinski definition) is 1. The third kappa shape index (κ3) is 4.22. The molecule has 13 heteroatoms. The number of rotatable bonds is 3. The molecule has 4 aromatic rings. The average molecular weight is 542 g/mol. The first-order chi connectivity index (χ1) is 18.7. The van der Waals surface area contributed by atoms with Crippen molar-refractivity contribution in [3.8, 4) is 0 Å². The summed E-state index contributed by atoms with van der Waals surface area (Å²) in [5.74, 6) is -1.82. The number of aromatic nitrogens is 4. The van der Waals surface area contributed by atoms with E-state index < -0.39 is 29.7 Å². The summed E-state index contributed by atoms with van der Waals surface area (Å²) in [6.07, 6.45) is 1.58. The van der Waals surface area contributed by atoms with E-state index in [9.17, 15) is 13.6 Å². The SMILES string of the molecule is CN(C(=O)c1cc2c(cc1F)nc(N)c1cncn12)C1COCc2nc(N3CCC(=C(F)F)CC3)c(F)cc21. The van der Waals surface area contributed by atoms with Gasteiger partial charge in [0.2, 0.25) is 0 Å². The van der Waals surface area contributed by atoms with Gasteiger partial charge >= 0.3 is 0 Å². The highest BCUT2D eigenvalue weighted by Gasteiger charge is 2.33. The molecule has 1 atom stereocenters. The van der Waals surface area contributed by atoms with Crippen LogP contribution < -0.4 is 10.6 Å². The van der Waals surface area contributed by atoms with Crippen molar-refractivity contribution < 1.29 is 27.1 Å². The number of piperidine rings is 1. The summed E-state index contributed by atoms with van der Waals surface area (Å²) in [5, 5.41) is 0. The zero-order chi connectivity index (χ0) is 27.4. The van der Waals surface area contributed by atoms with Crippen molar-refractivity contribution in [3.05, 3.63) is 70.8 Å². The van der Waals surface area contributed by atoms with E-state index in [0.29, 0.717) is 22.3 Å². The number of likely N-dealkylation sites (N-methyl/N-ethyl adjacent to an activating group) is 1. The number of anilines is 2. The van der Waals surface area contributed by atoms with Crippen LogP contribution in [0.5, 0.6) is 0 Å². The standard InChI is InChI=1S/C26H23F4N7O2/c1-35(26(38)14-7-20-18(8-16(14)27)33-24(31)21-9-32-12-37(20)21)22-11-39-10-19-15(22)6-17(28)25(34-19)36-4-2-13(3-5-36)23(29)30/h6-9,12,22H,2-5,10-11H2,1H3,(H2,31,33). The molecule has 5 heterocycles. The smallest absolute Gasteiger partial charge is 0.269 e. The molecule has 1 amide bonds. The van der Waals surface area contributed by atoms with Crippen molar-refractivity contribution in [2.45, 2.75) is 25.5 Å². The van der Waals surface area contributed by atoms with Crippen molar-refractivity contribution in [2.24, 2.45) is 0 Å². The van der Waals surface area contributed by atoms with Gasteiger partial charge in [-0.25, -0.2) is 23.7 Å². The fraction of sp³-hybridized carbons (Fsp3) is 0.308. The number of benzene rings is 1. The van der Waals surface area contributed by atoms with Crippen LogP contribution in [-0.2, 0) is 11.3 Å². The number of nitrogen functional groups attached to an aromatic ring is 1. The minimum atomic E-state index is -1.69. The van der Waals surface area contributed by atoms with Crippen molar-refractivity contribution in [1.82, 2.24) is 24.3 Å². The maximum Gasteiger partial charge on any atom is 0.269 e. The van der Waals surface area contributed by atoms with Gasteiger partial charge in [0.15, 0.2) is 11.6 Å². The second kappa shape index (κ2) is 9.49. The molecule has 39 heavy (non-hydrogen) atoms. The largest absolute Gasteiger partial charge is 0.382 e. The quantitative estimate of drug-likeness (QED) is 0.388. The molecular formula is C26H23F4N7O2. The normalized spacial score (nSPS) is 17.5. The molecule has 1 unspecified atom stereocenters. The first kappa shape index (κ1) is 25.0. The first-order valence-electron chi connectivity index (χ1n) is 12.3. The molecule has 2 N–H and O–H groups in total. The number of pyridine rings is 1. The third-order valence-corrected chi connectivity index (χ3v) is 7.36. The second-order valence-electron chi connectivity index (χ2n) is 9.59. The van der Waals surface area contributed by atoms with Crippen LogP contribution in [0.2, 0.25) is 0 Å². The predicted molar refractivity (Wildman–Crippen MR) is 134 cm³/mol. The van der Waals surface area contributed by atoms with Gasteiger partial charge in [-0.1, -0.05) is 0 Å². The number of fused-ring (bicyclic) bond motifs is 4. The Balaban J connectivity index is 1.31. The molecule has 2 aliphatic rings. The Labute approximate surface area is 219 Å². The van der Waals surface area contributed by atoms with Crippen LogP contribution in [0.1, 0.15) is 40.5 Å². The highest BCUT2D eigenvalue weighted by molar-refractivity contribution is 5.98. The number of amides is 1. The molecule has 1 saturated heterocycles. The van der Waals surface area contributed by atoms with Gasteiger partial charge in [0, 0.05) is 31.8 Å². The molecule has 2 aliphatic heterocycles. The molecule has 9 nitrogen and oxygen atoms in total. The highest BCUT2D eigenvalue weighted by Crippen LogP contribution is 2.34. The maximum absolute atomic E-state index is 15.3. The Kier molecular flexibility index (Phi) is 6.09. The van der Waals surface area contributed by atoms with Crippen LogP contribution in [0.25, 0.3) is 16.6 Å². The monoisotopic (exact) mass is 541 g/mol. The van der Waals surface area contributed by atoms with Gasteiger partial charge in [-0.05, 0) is 30.5 Å². The van der Waals surface area contributed by atoms with E-state index >= 15 is 8.78 Å². The molecular weight excluding hydrogens is 518 g/mol. The first-order valence-corrected chi connectivity index (χ1v) is 12.3. The van der Waals surface area contributed by atoms with Gasteiger partial charge in [0.25, 0.3) is 12.0 Å². The fourth-order valence-electron chi connectivity index (χ4n) is 5.20. The molecule has 3 aromatic heterocycles. The molecule has 0 spiro atoms. The lowest BCUT2D eigenvalue weighted by atomic mass is 10.00. The van der Waals surface area contributed by atoms with Crippen LogP contribution in [0, 0.1) is 11.6 Å². The van der Waals surface area contributed by atoms with Crippen molar-refractivity contribution in [3.63, 3.8) is 0 Å². The predicted octanol–water partition coefficient (Wildman–Crippen LogP) is 4.23. The van der Waals surface area contributed by atoms with Gasteiger partial charge in [0.05, 0.1) is 54.1 Å². The second-order valence-corrected chi connectivity index (χ2v) is 9.59. The molecule has 0 bridgehead atoms. The van der Waals surface area contributed by atoms with E-state index in [-0.39, 0.29) is 67.4 Å². The summed E-state index contributed by atoms with van der Waals surface area (Å²) >= 11 is 0. The Morgan fingerprint density at radius 3 is 2.62 bits per heavy atom. The number of carbonyl (C=O) groups is 1. The van der Waals surface area contributed by atoms with E-state index in [1.165, 1.54) is 36.6 Å². The summed E-state index contributed by atoms with van der Waals surface area (Å²) in [4.78, 5) is 29.2. The molecule has 1 aromatic carbocycles. The van der Waals surface area contributed by atoms with Gasteiger partial charge in [-0.3, -0.25) is 9.20 Å². The Hall–Kier alpha value is -4.26.